The number of phenolic OH excluding ortho intramolecular Hbond substituents is 1. The minimum absolute atomic E-state index is 0.0137. The Morgan fingerprint density at radius 3 is 1.92 bits per heavy atom. The molecule has 202 valence electrons. The second-order valence-electron chi connectivity index (χ2n) is 9.33. The van der Waals surface area contributed by atoms with Gasteiger partial charge in [0, 0.05) is 20.2 Å². The lowest BCUT2D eigenvalue weighted by atomic mass is 9.85. The van der Waals surface area contributed by atoms with Gasteiger partial charge < -0.3 is 26.0 Å². The fraction of sp³-hybridized carbons (Fsp3) is 0.214. The molecule has 0 saturated heterocycles. The highest BCUT2D eigenvalue weighted by Crippen LogP contribution is 2.34. The summed E-state index contributed by atoms with van der Waals surface area (Å²) in [6, 6.07) is 13.4. The number of carbonyl (C=O) groups excluding carboxylic acids is 4. The lowest BCUT2D eigenvalue weighted by Gasteiger charge is -2.31. The summed E-state index contributed by atoms with van der Waals surface area (Å²) in [6.45, 7) is 0. The van der Waals surface area contributed by atoms with E-state index in [1.165, 1.54) is 38.4 Å². The van der Waals surface area contributed by atoms with Crippen LogP contribution in [0.25, 0.3) is 0 Å². The predicted octanol–water partition coefficient (Wildman–Crippen LogP) is 1.85. The first-order valence-electron chi connectivity index (χ1n) is 11.9. The lowest BCUT2D eigenvalue weighted by molar-refractivity contribution is -0.143. The average Bonchev–Trinajstić information content (AvgIpc) is 2.95. The standard InChI is InChI=1S/C28H26F2N4O5/c1-33-22-5-3-4-6-23(22)34(2)27(39)28(31,26(33)38)25(37)21(13-16-7-9-20(35)10-8-16)32-24(36)14-17-11-18(29)15-19(30)12-17/h3-12,15,21,35H,13-14,31H2,1-2H3,(H,32,36)/t21-/m0/s1. The molecule has 1 atom stereocenters. The van der Waals surface area contributed by atoms with Crippen molar-refractivity contribution in [2.75, 3.05) is 23.9 Å². The molecule has 0 radical (unpaired) electrons. The van der Waals surface area contributed by atoms with Gasteiger partial charge in [-0.05, 0) is 53.9 Å². The van der Waals surface area contributed by atoms with Gasteiger partial charge in [-0.1, -0.05) is 24.3 Å². The molecule has 1 heterocycles. The van der Waals surface area contributed by atoms with Crippen LogP contribution in [0.1, 0.15) is 11.1 Å². The number of Topliss-reactive ketones (excluding diaryl/α,β-unsaturated/α-hetero) is 1. The Bertz CT molecular complexity index is 1400. The summed E-state index contributed by atoms with van der Waals surface area (Å²) >= 11 is 0. The molecule has 39 heavy (non-hydrogen) atoms. The molecule has 3 aromatic carbocycles. The van der Waals surface area contributed by atoms with Crippen LogP contribution in [0.4, 0.5) is 20.2 Å². The number of likely N-dealkylation sites (N-methyl/N-ethyl adjacent to an activating group) is 2. The number of nitrogens with two attached hydrogens (primary N) is 1. The molecule has 11 heteroatoms. The topological polar surface area (TPSA) is 133 Å². The minimum Gasteiger partial charge on any atom is -0.508 e. The van der Waals surface area contributed by atoms with E-state index in [4.69, 9.17) is 5.73 Å². The average molecular weight is 537 g/mol. The first-order chi connectivity index (χ1) is 18.4. The number of anilines is 2. The zero-order valence-corrected chi connectivity index (χ0v) is 21.2. The number of fused-ring (bicyclic) bond motifs is 1. The summed E-state index contributed by atoms with van der Waals surface area (Å²) in [5.41, 5.74) is 4.86. The zero-order chi connectivity index (χ0) is 28.5. The van der Waals surface area contributed by atoms with Crippen LogP contribution in [-0.4, -0.2) is 54.3 Å². The van der Waals surface area contributed by atoms with E-state index in [0.29, 0.717) is 23.0 Å². The monoisotopic (exact) mass is 536 g/mol. The number of amides is 3. The van der Waals surface area contributed by atoms with Gasteiger partial charge >= 0.3 is 0 Å². The zero-order valence-electron chi connectivity index (χ0n) is 21.2. The SMILES string of the molecule is CN1C(=O)C(N)(C(=O)[C@H](Cc2ccc(O)cc2)NC(=O)Cc2cc(F)cc(F)c2)C(=O)N(C)c2ccccc21. The number of hydrogen-bond acceptors (Lipinski definition) is 6. The molecule has 0 fully saturated rings. The second kappa shape index (κ2) is 10.6. The van der Waals surface area contributed by atoms with Crippen molar-refractivity contribution in [2.24, 2.45) is 5.73 Å². The molecule has 1 aliphatic rings. The number of hydrogen-bond donors (Lipinski definition) is 3. The third-order valence-electron chi connectivity index (χ3n) is 6.59. The summed E-state index contributed by atoms with van der Waals surface area (Å²) < 4.78 is 27.3. The van der Waals surface area contributed by atoms with Crippen LogP contribution in [0, 0.1) is 11.6 Å². The van der Waals surface area contributed by atoms with E-state index in [9.17, 15) is 33.1 Å². The summed E-state index contributed by atoms with van der Waals surface area (Å²) in [5.74, 6) is -5.65. The highest BCUT2D eigenvalue weighted by atomic mass is 19.1. The number of benzene rings is 3. The summed E-state index contributed by atoms with van der Waals surface area (Å²) in [7, 11) is 2.77. The van der Waals surface area contributed by atoms with Crippen LogP contribution < -0.4 is 20.9 Å². The summed E-state index contributed by atoms with van der Waals surface area (Å²) in [6.07, 6.45) is -0.680. The fourth-order valence-electron chi connectivity index (χ4n) is 4.58. The molecule has 9 nitrogen and oxygen atoms in total. The van der Waals surface area contributed by atoms with Gasteiger partial charge in [0.15, 0.2) is 5.78 Å². The number of ketones is 1. The van der Waals surface area contributed by atoms with E-state index in [1.807, 2.05) is 0 Å². The van der Waals surface area contributed by atoms with Gasteiger partial charge in [-0.2, -0.15) is 0 Å². The van der Waals surface area contributed by atoms with Crippen molar-refractivity contribution in [1.82, 2.24) is 5.32 Å². The number of rotatable bonds is 7. The minimum atomic E-state index is -2.71. The Morgan fingerprint density at radius 2 is 1.41 bits per heavy atom. The first kappa shape index (κ1) is 27.4. The highest BCUT2D eigenvalue weighted by Gasteiger charge is 2.56. The normalized spacial score (nSPS) is 15.4. The molecular weight excluding hydrogens is 510 g/mol. The van der Waals surface area contributed by atoms with Crippen LogP contribution in [0.2, 0.25) is 0 Å². The van der Waals surface area contributed by atoms with Gasteiger partial charge in [0.25, 0.3) is 11.8 Å². The van der Waals surface area contributed by atoms with Gasteiger partial charge in [0.05, 0.1) is 23.8 Å². The molecule has 3 amide bonds. The number of para-hydroxylation sites is 2. The smallest absolute Gasteiger partial charge is 0.264 e. The van der Waals surface area contributed by atoms with Gasteiger partial charge in [0.2, 0.25) is 11.4 Å². The third-order valence-corrected chi connectivity index (χ3v) is 6.59. The number of halogens is 2. The van der Waals surface area contributed by atoms with Gasteiger partial charge in [-0.15, -0.1) is 0 Å². The quantitative estimate of drug-likeness (QED) is 0.395. The number of aromatic hydroxyl groups is 1. The molecule has 0 spiro atoms. The maximum atomic E-state index is 14.0. The van der Waals surface area contributed by atoms with Crippen LogP contribution in [0.5, 0.6) is 5.75 Å². The maximum absolute atomic E-state index is 14.0. The molecule has 0 aliphatic carbocycles. The van der Waals surface area contributed by atoms with Crippen molar-refractivity contribution in [3.05, 3.63) is 89.5 Å². The number of nitrogens with one attached hydrogen (secondary N) is 1. The molecule has 3 aromatic rings. The molecule has 0 saturated carbocycles. The lowest BCUT2D eigenvalue weighted by Crippen LogP contribution is -2.71. The number of nitrogens with zero attached hydrogens (tertiary/aromatic N) is 2. The molecule has 4 N–H and O–H groups in total. The Morgan fingerprint density at radius 1 is 0.897 bits per heavy atom. The van der Waals surface area contributed by atoms with Gasteiger partial charge in [-0.3, -0.25) is 19.2 Å². The number of carbonyl (C=O) groups is 4. The fourth-order valence-corrected chi connectivity index (χ4v) is 4.58. The molecular formula is C28H26F2N4O5. The Kier molecular flexibility index (Phi) is 7.46. The third kappa shape index (κ3) is 5.34. The predicted molar refractivity (Wildman–Crippen MR) is 139 cm³/mol. The van der Waals surface area contributed by atoms with Crippen molar-refractivity contribution in [2.45, 2.75) is 24.4 Å². The number of phenols is 1. The Balaban J connectivity index is 1.70. The molecule has 1 aliphatic heterocycles. The van der Waals surface area contributed by atoms with E-state index in [0.717, 1.165) is 21.9 Å². The van der Waals surface area contributed by atoms with Crippen molar-refractivity contribution >= 4 is 34.9 Å². The van der Waals surface area contributed by atoms with E-state index >= 15 is 0 Å². The van der Waals surface area contributed by atoms with E-state index in [1.54, 1.807) is 24.3 Å². The Hall–Kier alpha value is -4.64. The van der Waals surface area contributed by atoms with E-state index in [-0.39, 0.29) is 17.7 Å². The summed E-state index contributed by atoms with van der Waals surface area (Å²) in [4.78, 5) is 56.3. The molecule has 0 unspecified atom stereocenters. The van der Waals surface area contributed by atoms with Gasteiger partial charge in [-0.25, -0.2) is 8.78 Å². The van der Waals surface area contributed by atoms with E-state index in [2.05, 4.69) is 5.32 Å². The molecule has 4 rings (SSSR count). The van der Waals surface area contributed by atoms with Crippen molar-refractivity contribution in [3.8, 4) is 5.75 Å². The van der Waals surface area contributed by atoms with Crippen LogP contribution >= 0.6 is 0 Å². The maximum Gasteiger partial charge on any atom is 0.264 e. The van der Waals surface area contributed by atoms with Crippen LogP contribution in [0.3, 0.4) is 0 Å². The van der Waals surface area contributed by atoms with E-state index < -0.39 is 53.1 Å². The van der Waals surface area contributed by atoms with Crippen molar-refractivity contribution in [1.29, 1.82) is 0 Å². The van der Waals surface area contributed by atoms with Gasteiger partial charge in [0.1, 0.15) is 17.4 Å². The Labute approximate surface area is 222 Å². The summed E-state index contributed by atoms with van der Waals surface area (Å²) in [5, 5.41) is 12.1. The molecule has 0 aromatic heterocycles. The highest BCUT2D eigenvalue weighted by molar-refractivity contribution is 6.37. The largest absolute Gasteiger partial charge is 0.508 e. The van der Waals surface area contributed by atoms with Crippen molar-refractivity contribution in [3.63, 3.8) is 0 Å². The van der Waals surface area contributed by atoms with Crippen LogP contribution in [-0.2, 0) is 32.0 Å². The van der Waals surface area contributed by atoms with Crippen molar-refractivity contribution < 1.29 is 33.1 Å². The first-order valence-corrected chi connectivity index (χ1v) is 11.9. The van der Waals surface area contributed by atoms with Crippen LogP contribution in [0.15, 0.2) is 66.7 Å². The second-order valence-corrected chi connectivity index (χ2v) is 9.33. The molecule has 0 bridgehead atoms.